The number of amidine groups is 1. The third kappa shape index (κ3) is 3.70. The van der Waals surface area contributed by atoms with Gasteiger partial charge in [0.2, 0.25) is 0 Å². The van der Waals surface area contributed by atoms with Crippen molar-refractivity contribution >= 4 is 21.8 Å². The van der Waals surface area contributed by atoms with Crippen molar-refractivity contribution in [1.29, 1.82) is 5.41 Å². The number of hydrogen-bond acceptors (Lipinski definition) is 3. The maximum atomic E-state index is 7.56. The first-order valence-electron chi connectivity index (χ1n) is 6.55. The maximum absolute atomic E-state index is 7.56. The van der Waals surface area contributed by atoms with Crippen molar-refractivity contribution in [2.75, 3.05) is 20.2 Å². The Kier molecular flexibility index (Phi) is 4.82. The Morgan fingerprint density at radius 2 is 2.37 bits per heavy atom. The molecule has 1 atom stereocenters. The van der Waals surface area contributed by atoms with E-state index >= 15 is 0 Å². The van der Waals surface area contributed by atoms with Gasteiger partial charge in [-0.05, 0) is 51.1 Å². The molecular formula is C14H20BrN3O. The van der Waals surface area contributed by atoms with E-state index in [1.807, 2.05) is 18.2 Å². The summed E-state index contributed by atoms with van der Waals surface area (Å²) in [5.74, 6) is 0.725. The van der Waals surface area contributed by atoms with E-state index in [4.69, 9.17) is 15.9 Å². The Labute approximate surface area is 122 Å². The molecular weight excluding hydrogens is 306 g/mol. The molecule has 1 aromatic carbocycles. The van der Waals surface area contributed by atoms with Gasteiger partial charge in [-0.1, -0.05) is 15.9 Å². The molecule has 4 nitrogen and oxygen atoms in total. The van der Waals surface area contributed by atoms with Gasteiger partial charge in [0.1, 0.15) is 11.6 Å². The Morgan fingerprint density at radius 3 is 3.00 bits per heavy atom. The molecule has 0 spiro atoms. The summed E-state index contributed by atoms with van der Waals surface area (Å²) < 4.78 is 6.75. The molecule has 1 unspecified atom stereocenters. The van der Waals surface area contributed by atoms with Gasteiger partial charge in [0.05, 0.1) is 12.2 Å². The van der Waals surface area contributed by atoms with Crippen molar-refractivity contribution in [2.45, 2.75) is 25.3 Å². The van der Waals surface area contributed by atoms with Crippen molar-refractivity contribution < 1.29 is 4.74 Å². The lowest BCUT2D eigenvalue weighted by molar-refractivity contribution is 0.233. The van der Waals surface area contributed by atoms with Crippen LogP contribution in [0.2, 0.25) is 0 Å². The minimum absolute atomic E-state index is 0.0421. The molecule has 19 heavy (non-hydrogen) atoms. The molecule has 0 bridgehead atoms. The summed E-state index contributed by atoms with van der Waals surface area (Å²) in [6, 6.07) is 6.17. The molecule has 0 aromatic heterocycles. The molecule has 0 radical (unpaired) electrons. The summed E-state index contributed by atoms with van der Waals surface area (Å²) in [6.45, 7) is 1.84. The van der Waals surface area contributed by atoms with Gasteiger partial charge < -0.3 is 15.4 Å². The van der Waals surface area contributed by atoms with E-state index in [1.54, 1.807) is 0 Å². The van der Waals surface area contributed by atoms with Gasteiger partial charge in [-0.25, -0.2) is 0 Å². The summed E-state index contributed by atoms with van der Waals surface area (Å²) >= 11 is 3.41. The Morgan fingerprint density at radius 1 is 1.58 bits per heavy atom. The highest BCUT2D eigenvalue weighted by atomic mass is 79.9. The number of likely N-dealkylation sites (tertiary alicyclic amines) is 1. The summed E-state index contributed by atoms with van der Waals surface area (Å²) in [5.41, 5.74) is 6.22. The fourth-order valence-corrected chi connectivity index (χ4v) is 2.83. The van der Waals surface area contributed by atoms with E-state index in [1.165, 1.54) is 19.4 Å². The molecule has 1 fully saturated rings. The van der Waals surface area contributed by atoms with Crippen LogP contribution in [0.4, 0.5) is 0 Å². The predicted molar refractivity (Wildman–Crippen MR) is 80.9 cm³/mol. The second-order valence-electron chi connectivity index (χ2n) is 4.97. The standard InChI is InChI=1S/C14H20BrN3O/c1-18-7-2-3-11(18)6-8-19-13-9-10(15)4-5-12(13)14(16)17/h4-5,9,11H,2-3,6-8H2,1H3,(H3,16,17). The van der Waals surface area contributed by atoms with Gasteiger partial charge in [-0.15, -0.1) is 0 Å². The van der Waals surface area contributed by atoms with E-state index in [9.17, 15) is 0 Å². The minimum atomic E-state index is 0.0421. The number of hydrogen-bond donors (Lipinski definition) is 2. The number of nitrogen functional groups attached to an aromatic ring is 1. The Bertz CT molecular complexity index is 464. The zero-order chi connectivity index (χ0) is 13.8. The quantitative estimate of drug-likeness (QED) is 0.646. The first-order valence-corrected chi connectivity index (χ1v) is 7.34. The number of nitrogens with zero attached hydrogens (tertiary/aromatic N) is 1. The lowest BCUT2D eigenvalue weighted by Gasteiger charge is -2.19. The highest BCUT2D eigenvalue weighted by Crippen LogP contribution is 2.24. The maximum Gasteiger partial charge on any atom is 0.131 e. The Hall–Kier alpha value is -1.07. The summed E-state index contributed by atoms with van der Waals surface area (Å²) in [5, 5.41) is 7.56. The number of nitrogens with two attached hydrogens (primary N) is 1. The van der Waals surface area contributed by atoms with E-state index in [2.05, 4.69) is 27.9 Å². The molecule has 104 valence electrons. The van der Waals surface area contributed by atoms with E-state index in [0.717, 1.165) is 10.9 Å². The van der Waals surface area contributed by atoms with Crippen molar-refractivity contribution in [3.05, 3.63) is 28.2 Å². The van der Waals surface area contributed by atoms with Gasteiger partial charge in [-0.3, -0.25) is 5.41 Å². The van der Waals surface area contributed by atoms with Gasteiger partial charge in [0.25, 0.3) is 0 Å². The van der Waals surface area contributed by atoms with E-state index in [0.29, 0.717) is 24.0 Å². The molecule has 1 aromatic rings. The van der Waals surface area contributed by atoms with Crippen molar-refractivity contribution in [1.82, 2.24) is 4.90 Å². The van der Waals surface area contributed by atoms with Crippen LogP contribution in [0, 0.1) is 5.41 Å². The average Bonchev–Trinajstić information content (AvgIpc) is 2.75. The first kappa shape index (κ1) is 14.3. The molecule has 0 saturated carbocycles. The van der Waals surface area contributed by atoms with Crippen molar-refractivity contribution in [3.8, 4) is 5.75 Å². The topological polar surface area (TPSA) is 62.3 Å². The normalized spacial score (nSPS) is 19.6. The molecule has 5 heteroatoms. The molecule has 1 aliphatic heterocycles. The molecule has 1 heterocycles. The first-order chi connectivity index (χ1) is 9.08. The van der Waals surface area contributed by atoms with E-state index < -0.39 is 0 Å². The van der Waals surface area contributed by atoms with Crippen LogP contribution < -0.4 is 10.5 Å². The van der Waals surface area contributed by atoms with Crippen LogP contribution in [0.5, 0.6) is 5.75 Å². The third-order valence-electron chi connectivity index (χ3n) is 3.61. The fraction of sp³-hybridized carbons (Fsp3) is 0.500. The molecule has 1 aliphatic rings. The van der Waals surface area contributed by atoms with E-state index in [-0.39, 0.29) is 5.84 Å². The largest absolute Gasteiger partial charge is 0.493 e. The van der Waals surface area contributed by atoms with Crippen LogP contribution >= 0.6 is 15.9 Å². The van der Waals surface area contributed by atoms with Crippen LogP contribution in [0.25, 0.3) is 0 Å². The number of rotatable bonds is 5. The molecule has 2 rings (SSSR count). The summed E-state index contributed by atoms with van der Waals surface area (Å²) in [4.78, 5) is 2.39. The SMILES string of the molecule is CN1CCCC1CCOc1cc(Br)ccc1C(=N)N. The highest BCUT2D eigenvalue weighted by molar-refractivity contribution is 9.10. The third-order valence-corrected chi connectivity index (χ3v) is 4.11. The number of benzene rings is 1. The minimum Gasteiger partial charge on any atom is -0.493 e. The highest BCUT2D eigenvalue weighted by Gasteiger charge is 2.20. The summed E-state index contributed by atoms with van der Waals surface area (Å²) in [6.07, 6.45) is 3.54. The molecule has 0 amide bonds. The molecule has 1 saturated heterocycles. The molecule has 0 aliphatic carbocycles. The average molecular weight is 326 g/mol. The van der Waals surface area contributed by atoms with Crippen molar-refractivity contribution in [3.63, 3.8) is 0 Å². The zero-order valence-corrected chi connectivity index (χ0v) is 12.7. The number of nitrogens with one attached hydrogen (secondary N) is 1. The lowest BCUT2D eigenvalue weighted by atomic mass is 10.1. The summed E-state index contributed by atoms with van der Waals surface area (Å²) in [7, 11) is 2.16. The monoisotopic (exact) mass is 325 g/mol. The van der Waals surface area contributed by atoms with Crippen LogP contribution in [-0.4, -0.2) is 37.0 Å². The predicted octanol–water partition coefficient (Wildman–Crippen LogP) is 2.60. The van der Waals surface area contributed by atoms with Crippen LogP contribution in [0.3, 0.4) is 0 Å². The van der Waals surface area contributed by atoms with Gasteiger partial charge in [0, 0.05) is 10.5 Å². The van der Waals surface area contributed by atoms with Crippen molar-refractivity contribution in [2.24, 2.45) is 5.73 Å². The zero-order valence-electron chi connectivity index (χ0n) is 11.2. The lowest BCUT2D eigenvalue weighted by Crippen LogP contribution is -2.26. The van der Waals surface area contributed by atoms with Crippen LogP contribution in [0.15, 0.2) is 22.7 Å². The molecule has 3 N–H and O–H groups in total. The van der Waals surface area contributed by atoms with Gasteiger partial charge >= 0.3 is 0 Å². The van der Waals surface area contributed by atoms with Gasteiger partial charge in [0.15, 0.2) is 0 Å². The fourth-order valence-electron chi connectivity index (χ4n) is 2.49. The second-order valence-corrected chi connectivity index (χ2v) is 5.88. The van der Waals surface area contributed by atoms with Crippen LogP contribution in [-0.2, 0) is 0 Å². The number of halogens is 1. The smallest absolute Gasteiger partial charge is 0.131 e. The second kappa shape index (κ2) is 6.39. The van der Waals surface area contributed by atoms with Gasteiger partial charge in [-0.2, -0.15) is 0 Å². The Balaban J connectivity index is 1.95. The van der Waals surface area contributed by atoms with Crippen LogP contribution in [0.1, 0.15) is 24.8 Å². The number of ether oxygens (including phenoxy) is 1.